The van der Waals surface area contributed by atoms with Gasteiger partial charge in [-0.2, -0.15) is 0 Å². The van der Waals surface area contributed by atoms with Crippen molar-refractivity contribution in [1.82, 2.24) is 19.9 Å². The molecule has 12 nitrogen and oxygen atoms in total. The van der Waals surface area contributed by atoms with Crippen LogP contribution in [0, 0.1) is 5.92 Å². The average molecular weight is 529 g/mol. The zero-order chi connectivity index (χ0) is 25.9. The second kappa shape index (κ2) is 10.8. The van der Waals surface area contributed by atoms with E-state index in [0.29, 0.717) is 36.3 Å². The summed E-state index contributed by atoms with van der Waals surface area (Å²) in [6.07, 6.45) is 6.00. The van der Waals surface area contributed by atoms with Gasteiger partial charge in [0.2, 0.25) is 11.3 Å². The van der Waals surface area contributed by atoms with Crippen molar-refractivity contribution in [3.05, 3.63) is 39.6 Å². The van der Waals surface area contributed by atoms with Crippen LogP contribution in [0.25, 0.3) is 16.2 Å². The van der Waals surface area contributed by atoms with E-state index in [2.05, 4.69) is 15.6 Å². The first kappa shape index (κ1) is 25.1. The number of anilines is 2. The number of carboxylic acids is 1. The molecule has 5 heterocycles. The number of thiazole rings is 1. The second-order valence-electron chi connectivity index (χ2n) is 9.07. The molecular formula is C24H28N6O6S. The van der Waals surface area contributed by atoms with E-state index in [4.69, 9.17) is 9.72 Å². The maximum atomic E-state index is 13.2. The Bertz CT molecular complexity index is 1350. The largest absolute Gasteiger partial charge is 0.477 e. The van der Waals surface area contributed by atoms with Gasteiger partial charge in [-0.05, 0) is 19.3 Å². The van der Waals surface area contributed by atoms with Gasteiger partial charge in [0.25, 0.3) is 0 Å². The summed E-state index contributed by atoms with van der Waals surface area (Å²) in [7, 11) is 0. The zero-order valence-corrected chi connectivity index (χ0v) is 20.9. The van der Waals surface area contributed by atoms with E-state index < -0.39 is 17.0 Å². The highest BCUT2D eigenvalue weighted by molar-refractivity contribution is 7.12. The molecule has 2 aliphatic heterocycles. The summed E-state index contributed by atoms with van der Waals surface area (Å²) in [6, 6.07) is 1.65. The van der Waals surface area contributed by atoms with Gasteiger partial charge in [-0.3, -0.25) is 14.2 Å². The molecule has 37 heavy (non-hydrogen) atoms. The summed E-state index contributed by atoms with van der Waals surface area (Å²) in [6.45, 7) is 2.10. The van der Waals surface area contributed by atoms with Crippen molar-refractivity contribution in [1.29, 1.82) is 0 Å². The molecule has 5 rings (SSSR count). The third-order valence-corrected chi connectivity index (χ3v) is 7.35. The fourth-order valence-corrected chi connectivity index (χ4v) is 5.20. The molecule has 0 radical (unpaired) electrons. The first-order valence-electron chi connectivity index (χ1n) is 12.2. The summed E-state index contributed by atoms with van der Waals surface area (Å²) in [4.78, 5) is 48.5. The van der Waals surface area contributed by atoms with E-state index in [9.17, 15) is 24.6 Å². The van der Waals surface area contributed by atoms with Crippen LogP contribution in [-0.4, -0.2) is 82.1 Å². The lowest BCUT2D eigenvalue weighted by atomic mass is 9.98. The van der Waals surface area contributed by atoms with Gasteiger partial charge in [-0.15, -0.1) is 11.3 Å². The van der Waals surface area contributed by atoms with Gasteiger partial charge in [0.1, 0.15) is 11.4 Å². The minimum Gasteiger partial charge on any atom is -0.477 e. The normalized spacial score (nSPS) is 18.0. The molecule has 13 heteroatoms. The van der Waals surface area contributed by atoms with Crippen LogP contribution in [0.4, 0.5) is 11.5 Å². The monoisotopic (exact) mass is 528 g/mol. The zero-order valence-electron chi connectivity index (χ0n) is 20.1. The van der Waals surface area contributed by atoms with Gasteiger partial charge in [-0.1, -0.05) is 0 Å². The fraction of sp³-hybridized carbons (Fsp3) is 0.458. The quantitative estimate of drug-likeness (QED) is 0.316. The third kappa shape index (κ3) is 5.15. The number of hydrogen-bond acceptors (Lipinski definition) is 10. The molecule has 0 aromatic carbocycles. The van der Waals surface area contributed by atoms with Crippen LogP contribution < -0.4 is 21.0 Å². The molecule has 4 N–H and O–H groups in total. The number of nitrogens with zero attached hydrogens (tertiary/aromatic N) is 4. The van der Waals surface area contributed by atoms with Gasteiger partial charge in [0, 0.05) is 56.6 Å². The van der Waals surface area contributed by atoms with Crippen LogP contribution >= 0.6 is 11.3 Å². The summed E-state index contributed by atoms with van der Waals surface area (Å²) in [5, 5.41) is 27.3. The SMILES string of the molecule is O=C(O)c1cn(-c2nccs2)c2nc(N3CC(C(=O)NCC4CCCCO4)C3)cc(NCCO)c2c1=O. The van der Waals surface area contributed by atoms with Crippen molar-refractivity contribution in [3.8, 4) is 5.13 Å². The highest BCUT2D eigenvalue weighted by Crippen LogP contribution is 2.31. The number of rotatable bonds is 9. The van der Waals surface area contributed by atoms with Crippen LogP contribution in [0.2, 0.25) is 0 Å². The minimum atomic E-state index is -1.36. The Hall–Kier alpha value is -3.55. The Morgan fingerprint density at radius 1 is 1.27 bits per heavy atom. The van der Waals surface area contributed by atoms with Crippen molar-refractivity contribution in [2.75, 3.05) is 49.6 Å². The maximum Gasteiger partial charge on any atom is 0.341 e. The van der Waals surface area contributed by atoms with Gasteiger partial charge in [-0.25, -0.2) is 14.8 Å². The number of aliphatic hydroxyl groups excluding tert-OH is 1. The Morgan fingerprint density at radius 3 is 2.78 bits per heavy atom. The molecule has 0 bridgehead atoms. The van der Waals surface area contributed by atoms with Crippen molar-refractivity contribution in [3.63, 3.8) is 0 Å². The lowest BCUT2D eigenvalue weighted by molar-refractivity contribution is -0.126. The Balaban J connectivity index is 1.44. The van der Waals surface area contributed by atoms with Gasteiger partial charge < -0.3 is 30.5 Å². The van der Waals surface area contributed by atoms with E-state index >= 15 is 0 Å². The highest BCUT2D eigenvalue weighted by Gasteiger charge is 2.34. The number of carboxylic acid groups (broad SMARTS) is 1. The molecule has 2 fully saturated rings. The second-order valence-corrected chi connectivity index (χ2v) is 9.95. The number of aromatic carboxylic acids is 1. The number of hydrogen-bond donors (Lipinski definition) is 4. The molecule has 1 atom stereocenters. The lowest BCUT2D eigenvalue weighted by Crippen LogP contribution is -2.55. The number of carbonyl (C=O) groups excluding carboxylic acids is 1. The predicted octanol–water partition coefficient (Wildman–Crippen LogP) is 1.07. The van der Waals surface area contributed by atoms with Gasteiger partial charge in [0.05, 0.1) is 29.7 Å². The smallest absolute Gasteiger partial charge is 0.341 e. The number of fused-ring (bicyclic) bond motifs is 1. The van der Waals surface area contributed by atoms with E-state index in [1.54, 1.807) is 17.6 Å². The van der Waals surface area contributed by atoms with E-state index in [1.807, 2.05) is 4.90 Å². The van der Waals surface area contributed by atoms with E-state index in [0.717, 1.165) is 25.9 Å². The Morgan fingerprint density at radius 2 is 2.11 bits per heavy atom. The van der Waals surface area contributed by atoms with Crippen LogP contribution in [0.5, 0.6) is 0 Å². The van der Waals surface area contributed by atoms with Crippen LogP contribution in [0.15, 0.2) is 28.6 Å². The standard InChI is InChI=1S/C24H28N6O6S/c31-6-4-25-17-9-18(29-11-14(12-29)22(33)27-10-15-3-1-2-7-36-15)28-21-19(17)20(32)16(23(34)35)13-30(21)24-26-5-8-37-24/h5,8-9,13-15,31H,1-4,6-7,10-12H2,(H,25,28)(H,27,33)(H,34,35). The molecule has 1 amide bonds. The molecule has 3 aromatic heterocycles. The summed E-state index contributed by atoms with van der Waals surface area (Å²) in [5.41, 5.74) is -0.493. The average Bonchev–Trinajstić information content (AvgIpc) is 3.40. The van der Waals surface area contributed by atoms with Crippen LogP contribution in [0.1, 0.15) is 29.6 Å². The predicted molar refractivity (Wildman–Crippen MR) is 138 cm³/mol. The maximum absolute atomic E-state index is 13.2. The van der Waals surface area contributed by atoms with Gasteiger partial charge in [0.15, 0.2) is 10.8 Å². The number of carbonyl (C=O) groups is 2. The molecular weight excluding hydrogens is 500 g/mol. The fourth-order valence-electron chi connectivity index (χ4n) is 4.58. The Kier molecular flexibility index (Phi) is 7.35. The van der Waals surface area contributed by atoms with Crippen molar-refractivity contribution >= 4 is 45.8 Å². The third-order valence-electron chi connectivity index (χ3n) is 6.58. The van der Waals surface area contributed by atoms with Crippen molar-refractivity contribution in [2.24, 2.45) is 5.92 Å². The highest BCUT2D eigenvalue weighted by atomic mass is 32.1. The Labute approximate surface area is 215 Å². The topological polar surface area (TPSA) is 159 Å². The number of nitrogens with one attached hydrogen (secondary N) is 2. The van der Waals surface area contributed by atoms with Crippen molar-refractivity contribution in [2.45, 2.75) is 25.4 Å². The number of ether oxygens (including phenoxy) is 1. The minimum absolute atomic E-state index is 0.0318. The molecule has 2 saturated heterocycles. The molecule has 0 aliphatic carbocycles. The molecule has 3 aromatic rings. The number of aromatic nitrogens is 3. The number of aliphatic hydroxyl groups is 1. The first-order valence-corrected chi connectivity index (χ1v) is 13.1. The van der Waals surface area contributed by atoms with E-state index in [1.165, 1.54) is 22.1 Å². The molecule has 0 spiro atoms. The lowest BCUT2D eigenvalue weighted by Gasteiger charge is -2.39. The van der Waals surface area contributed by atoms with Crippen molar-refractivity contribution < 1.29 is 24.5 Å². The van der Waals surface area contributed by atoms with E-state index in [-0.39, 0.29) is 42.1 Å². The number of amides is 1. The molecule has 2 aliphatic rings. The summed E-state index contributed by atoms with van der Waals surface area (Å²) >= 11 is 1.28. The number of pyridine rings is 2. The van der Waals surface area contributed by atoms with Crippen LogP contribution in [0.3, 0.4) is 0 Å². The van der Waals surface area contributed by atoms with Crippen LogP contribution in [-0.2, 0) is 9.53 Å². The summed E-state index contributed by atoms with van der Waals surface area (Å²) in [5.74, 6) is -1.06. The first-order chi connectivity index (χ1) is 18.0. The van der Waals surface area contributed by atoms with Gasteiger partial charge >= 0.3 is 5.97 Å². The molecule has 1 unspecified atom stereocenters. The summed E-state index contributed by atoms with van der Waals surface area (Å²) < 4.78 is 7.18. The molecule has 196 valence electrons. The molecule has 0 saturated carbocycles.